The third-order valence-electron chi connectivity index (χ3n) is 3.78. The van der Waals surface area contributed by atoms with Crippen molar-refractivity contribution >= 4 is 39.2 Å². The number of nitrogens with zero attached hydrogens (tertiary/aromatic N) is 2. The topological polar surface area (TPSA) is 67.6 Å². The highest BCUT2D eigenvalue weighted by Crippen LogP contribution is 2.23. The summed E-state index contributed by atoms with van der Waals surface area (Å²) in [7, 11) is 0. The molecular formula is C17H13ClN4. The Morgan fingerprint density at radius 3 is 2.77 bits per heavy atom. The van der Waals surface area contributed by atoms with Crippen molar-refractivity contribution in [3.63, 3.8) is 0 Å². The first-order chi connectivity index (χ1) is 10.7. The third kappa shape index (κ3) is 2.27. The standard InChI is InChI=1S/C17H13ClN4/c18-13-8-12-6-10(1-3-15(12)20-9-13)5-11-2-4-16-14(7-11)17(19)22-21-16/h1-4,6-9H,5H2,(H3,19,21,22). The van der Waals surface area contributed by atoms with Crippen LogP contribution in [0.25, 0.3) is 21.8 Å². The molecule has 0 spiro atoms. The molecule has 0 atom stereocenters. The Hall–Kier alpha value is -2.59. The van der Waals surface area contributed by atoms with Crippen LogP contribution < -0.4 is 5.73 Å². The molecule has 3 N–H and O–H groups in total. The van der Waals surface area contributed by atoms with E-state index in [4.69, 9.17) is 17.3 Å². The molecular weight excluding hydrogens is 296 g/mol. The van der Waals surface area contributed by atoms with E-state index in [-0.39, 0.29) is 0 Å². The lowest BCUT2D eigenvalue weighted by molar-refractivity contribution is 1.13. The van der Waals surface area contributed by atoms with Crippen LogP contribution in [0.1, 0.15) is 11.1 Å². The number of aromatic amines is 1. The fourth-order valence-electron chi connectivity index (χ4n) is 2.69. The Balaban J connectivity index is 1.73. The van der Waals surface area contributed by atoms with Gasteiger partial charge in [0.25, 0.3) is 0 Å². The molecule has 0 aliphatic heterocycles. The molecule has 0 saturated heterocycles. The zero-order valence-corrected chi connectivity index (χ0v) is 12.4. The van der Waals surface area contributed by atoms with Gasteiger partial charge in [0, 0.05) is 17.0 Å². The quantitative estimate of drug-likeness (QED) is 0.589. The smallest absolute Gasteiger partial charge is 0.153 e. The van der Waals surface area contributed by atoms with Crippen molar-refractivity contribution in [3.8, 4) is 0 Å². The number of anilines is 1. The second kappa shape index (κ2) is 5.00. The number of nitrogen functional groups attached to an aromatic ring is 1. The summed E-state index contributed by atoms with van der Waals surface area (Å²) in [6, 6.07) is 14.3. The molecule has 108 valence electrons. The molecule has 2 heterocycles. The van der Waals surface area contributed by atoms with Crippen LogP contribution in [-0.2, 0) is 6.42 Å². The van der Waals surface area contributed by atoms with E-state index in [1.54, 1.807) is 6.20 Å². The van der Waals surface area contributed by atoms with Crippen LogP contribution >= 0.6 is 11.6 Å². The number of aromatic nitrogens is 3. The van der Waals surface area contributed by atoms with E-state index in [1.807, 2.05) is 18.2 Å². The Bertz CT molecular complexity index is 990. The maximum atomic E-state index is 6.01. The van der Waals surface area contributed by atoms with Crippen molar-refractivity contribution in [1.82, 2.24) is 15.2 Å². The summed E-state index contributed by atoms with van der Waals surface area (Å²) in [6.45, 7) is 0. The average Bonchev–Trinajstić information content (AvgIpc) is 2.88. The minimum Gasteiger partial charge on any atom is -0.382 e. The lowest BCUT2D eigenvalue weighted by atomic mass is 10.0. The van der Waals surface area contributed by atoms with Crippen molar-refractivity contribution in [2.24, 2.45) is 0 Å². The fourth-order valence-corrected chi connectivity index (χ4v) is 2.86. The van der Waals surface area contributed by atoms with Gasteiger partial charge in [0.15, 0.2) is 5.82 Å². The molecule has 4 rings (SSSR count). The lowest BCUT2D eigenvalue weighted by Gasteiger charge is -2.05. The van der Waals surface area contributed by atoms with Crippen molar-refractivity contribution in [1.29, 1.82) is 0 Å². The monoisotopic (exact) mass is 308 g/mol. The normalized spacial score (nSPS) is 11.3. The molecule has 0 unspecified atom stereocenters. The van der Waals surface area contributed by atoms with Gasteiger partial charge in [-0.25, -0.2) is 0 Å². The summed E-state index contributed by atoms with van der Waals surface area (Å²) < 4.78 is 0. The summed E-state index contributed by atoms with van der Waals surface area (Å²) in [5.41, 5.74) is 10.2. The molecule has 0 aliphatic rings. The largest absolute Gasteiger partial charge is 0.382 e. The van der Waals surface area contributed by atoms with Crippen LogP contribution in [0, 0.1) is 0 Å². The first kappa shape index (κ1) is 13.1. The average molecular weight is 309 g/mol. The van der Waals surface area contributed by atoms with Gasteiger partial charge >= 0.3 is 0 Å². The number of nitrogens with one attached hydrogen (secondary N) is 1. The highest BCUT2D eigenvalue weighted by molar-refractivity contribution is 6.31. The Kier molecular flexibility index (Phi) is 2.98. The molecule has 0 saturated carbocycles. The van der Waals surface area contributed by atoms with Crippen molar-refractivity contribution in [3.05, 3.63) is 64.8 Å². The van der Waals surface area contributed by atoms with Gasteiger partial charge in [-0.05, 0) is 47.9 Å². The molecule has 0 bridgehead atoms. The van der Waals surface area contributed by atoms with Gasteiger partial charge in [-0.15, -0.1) is 0 Å². The van der Waals surface area contributed by atoms with E-state index in [9.17, 15) is 0 Å². The van der Waals surface area contributed by atoms with Crippen molar-refractivity contribution in [2.75, 3.05) is 5.73 Å². The van der Waals surface area contributed by atoms with Crippen LogP contribution in [0.15, 0.2) is 48.7 Å². The van der Waals surface area contributed by atoms with Crippen LogP contribution in [0.2, 0.25) is 5.02 Å². The minimum absolute atomic E-state index is 0.534. The van der Waals surface area contributed by atoms with Gasteiger partial charge in [0.05, 0.1) is 16.1 Å². The van der Waals surface area contributed by atoms with Crippen LogP contribution in [0.3, 0.4) is 0 Å². The van der Waals surface area contributed by atoms with Gasteiger partial charge in [0.1, 0.15) is 0 Å². The van der Waals surface area contributed by atoms with Crippen molar-refractivity contribution < 1.29 is 0 Å². The van der Waals surface area contributed by atoms with E-state index in [1.165, 1.54) is 11.1 Å². The summed E-state index contributed by atoms with van der Waals surface area (Å²) in [5, 5.41) is 9.60. The molecule has 4 nitrogen and oxygen atoms in total. The number of hydrogen-bond acceptors (Lipinski definition) is 3. The predicted octanol–water partition coefficient (Wildman–Crippen LogP) is 3.94. The number of pyridine rings is 1. The number of fused-ring (bicyclic) bond motifs is 2. The molecule has 0 aliphatic carbocycles. The van der Waals surface area contributed by atoms with Gasteiger partial charge in [-0.1, -0.05) is 23.7 Å². The number of nitrogens with two attached hydrogens (primary N) is 1. The highest BCUT2D eigenvalue weighted by Gasteiger charge is 2.05. The van der Waals surface area contributed by atoms with E-state index < -0.39 is 0 Å². The summed E-state index contributed by atoms with van der Waals surface area (Å²) in [5.74, 6) is 0.534. The molecule has 0 fully saturated rings. The molecule has 0 radical (unpaired) electrons. The van der Waals surface area contributed by atoms with Gasteiger partial charge < -0.3 is 5.73 Å². The zero-order chi connectivity index (χ0) is 15.1. The maximum absolute atomic E-state index is 6.01. The van der Waals surface area contributed by atoms with Crippen LogP contribution in [-0.4, -0.2) is 15.2 Å². The zero-order valence-electron chi connectivity index (χ0n) is 11.7. The SMILES string of the molecule is Nc1n[nH]c2ccc(Cc3ccc4ncc(Cl)cc4c3)cc12. The number of hydrogen-bond donors (Lipinski definition) is 2. The number of benzene rings is 2. The van der Waals surface area contributed by atoms with E-state index in [0.29, 0.717) is 10.8 Å². The molecule has 0 amide bonds. The first-order valence-electron chi connectivity index (χ1n) is 6.96. The number of halogens is 1. The Morgan fingerprint density at radius 1 is 1.05 bits per heavy atom. The van der Waals surface area contributed by atoms with Gasteiger partial charge in [-0.3, -0.25) is 10.1 Å². The van der Waals surface area contributed by atoms with E-state index in [0.717, 1.165) is 28.2 Å². The lowest BCUT2D eigenvalue weighted by Crippen LogP contribution is -1.90. The Morgan fingerprint density at radius 2 is 1.86 bits per heavy atom. The third-order valence-corrected chi connectivity index (χ3v) is 3.98. The first-order valence-corrected chi connectivity index (χ1v) is 7.33. The van der Waals surface area contributed by atoms with Gasteiger partial charge in [0.2, 0.25) is 0 Å². The molecule has 22 heavy (non-hydrogen) atoms. The summed E-state index contributed by atoms with van der Waals surface area (Å²) in [6.07, 6.45) is 2.49. The van der Waals surface area contributed by atoms with Crippen LogP contribution in [0.4, 0.5) is 5.82 Å². The van der Waals surface area contributed by atoms with Crippen molar-refractivity contribution in [2.45, 2.75) is 6.42 Å². The van der Waals surface area contributed by atoms with E-state index >= 15 is 0 Å². The number of H-pyrrole nitrogens is 1. The Labute approximate surface area is 131 Å². The van der Waals surface area contributed by atoms with E-state index in [2.05, 4.69) is 39.4 Å². The number of rotatable bonds is 2. The second-order valence-electron chi connectivity index (χ2n) is 5.35. The minimum atomic E-state index is 0.534. The molecule has 5 heteroatoms. The fraction of sp³-hybridized carbons (Fsp3) is 0.0588. The highest BCUT2D eigenvalue weighted by atomic mass is 35.5. The maximum Gasteiger partial charge on any atom is 0.153 e. The van der Waals surface area contributed by atoms with Crippen LogP contribution in [0.5, 0.6) is 0 Å². The second-order valence-corrected chi connectivity index (χ2v) is 5.78. The molecule has 4 aromatic rings. The summed E-state index contributed by atoms with van der Waals surface area (Å²) in [4.78, 5) is 4.31. The van der Waals surface area contributed by atoms with Gasteiger partial charge in [-0.2, -0.15) is 5.10 Å². The molecule has 2 aromatic carbocycles. The molecule has 2 aromatic heterocycles. The predicted molar refractivity (Wildman–Crippen MR) is 90.1 cm³/mol. The summed E-state index contributed by atoms with van der Waals surface area (Å²) >= 11 is 6.01.